The number of phenolic OH excluding ortho intramolecular Hbond substituents is 1. The number of carbonyl (C=O) groups is 1. The minimum absolute atomic E-state index is 0.217. The third-order valence-corrected chi connectivity index (χ3v) is 2.76. The van der Waals surface area contributed by atoms with E-state index in [1.807, 2.05) is 0 Å². The zero-order valence-corrected chi connectivity index (χ0v) is 11.0. The van der Waals surface area contributed by atoms with Crippen molar-refractivity contribution in [2.75, 3.05) is 5.32 Å². The van der Waals surface area contributed by atoms with Crippen molar-refractivity contribution in [3.8, 4) is 16.9 Å². The molecular weight excluding hydrogens is 283 g/mol. The van der Waals surface area contributed by atoms with E-state index in [-0.39, 0.29) is 11.5 Å². The van der Waals surface area contributed by atoms with Crippen LogP contribution in [0, 0.1) is 0 Å². The van der Waals surface area contributed by atoms with Crippen molar-refractivity contribution in [2.24, 2.45) is 0 Å². The Morgan fingerprint density at radius 2 is 1.81 bits per heavy atom. The van der Waals surface area contributed by atoms with Crippen LogP contribution in [-0.4, -0.2) is 11.0 Å². The molecule has 0 aliphatic heterocycles. The van der Waals surface area contributed by atoms with Gasteiger partial charge in [-0.15, -0.1) is 0 Å². The summed E-state index contributed by atoms with van der Waals surface area (Å²) >= 11 is 0. The first-order valence-electron chi connectivity index (χ1n) is 6.05. The molecule has 0 aliphatic rings. The molecular formula is C15H12F3NO2. The molecule has 0 heterocycles. The number of phenols is 1. The summed E-state index contributed by atoms with van der Waals surface area (Å²) in [6.45, 7) is 1.34. The summed E-state index contributed by atoms with van der Waals surface area (Å²) in [4.78, 5) is 11.0. The molecule has 0 spiro atoms. The standard InChI is InChI=1S/C15H12F3NO2/c1-9(20)19-13-4-2-3-10(6-13)11-5-12(15(16,17)18)8-14(21)7-11/h2-8,21H,1H3,(H,19,20). The van der Waals surface area contributed by atoms with Crippen LogP contribution >= 0.6 is 0 Å². The monoisotopic (exact) mass is 295 g/mol. The van der Waals surface area contributed by atoms with Gasteiger partial charge in [-0.25, -0.2) is 0 Å². The van der Waals surface area contributed by atoms with E-state index in [1.165, 1.54) is 19.1 Å². The maximum atomic E-state index is 12.7. The summed E-state index contributed by atoms with van der Waals surface area (Å²) in [6, 6.07) is 9.22. The Morgan fingerprint density at radius 3 is 2.43 bits per heavy atom. The van der Waals surface area contributed by atoms with Gasteiger partial charge in [0.15, 0.2) is 0 Å². The summed E-state index contributed by atoms with van der Waals surface area (Å²) < 4.78 is 38.2. The van der Waals surface area contributed by atoms with Crippen LogP contribution < -0.4 is 5.32 Å². The lowest BCUT2D eigenvalue weighted by Crippen LogP contribution is -2.06. The van der Waals surface area contributed by atoms with Gasteiger partial charge in [0.1, 0.15) is 5.75 Å². The van der Waals surface area contributed by atoms with Crippen LogP contribution in [0.15, 0.2) is 42.5 Å². The van der Waals surface area contributed by atoms with Gasteiger partial charge in [-0.2, -0.15) is 13.2 Å². The van der Waals surface area contributed by atoms with Crippen LogP contribution in [0.1, 0.15) is 12.5 Å². The Labute approximate surface area is 119 Å². The number of amides is 1. The molecule has 0 aliphatic carbocycles. The van der Waals surface area contributed by atoms with E-state index in [1.54, 1.807) is 18.2 Å². The summed E-state index contributed by atoms with van der Waals surface area (Å²) in [7, 11) is 0. The van der Waals surface area contributed by atoms with E-state index in [2.05, 4.69) is 5.32 Å². The predicted octanol–water partition coefficient (Wildman–Crippen LogP) is 4.04. The van der Waals surface area contributed by atoms with E-state index >= 15 is 0 Å². The van der Waals surface area contributed by atoms with Crippen molar-refractivity contribution >= 4 is 11.6 Å². The van der Waals surface area contributed by atoms with E-state index in [9.17, 15) is 23.1 Å². The Morgan fingerprint density at radius 1 is 1.10 bits per heavy atom. The summed E-state index contributed by atoms with van der Waals surface area (Å²) in [5.74, 6) is -0.746. The van der Waals surface area contributed by atoms with Gasteiger partial charge in [0.05, 0.1) is 5.56 Å². The smallest absolute Gasteiger partial charge is 0.416 e. The second kappa shape index (κ2) is 5.47. The van der Waals surface area contributed by atoms with Crippen LogP contribution in [-0.2, 0) is 11.0 Å². The SMILES string of the molecule is CC(=O)Nc1cccc(-c2cc(O)cc(C(F)(F)F)c2)c1. The minimum Gasteiger partial charge on any atom is -0.508 e. The van der Waals surface area contributed by atoms with Crippen molar-refractivity contribution < 1.29 is 23.1 Å². The number of rotatable bonds is 2. The number of carbonyl (C=O) groups excluding carboxylic acids is 1. The van der Waals surface area contributed by atoms with Crippen LogP contribution in [0.25, 0.3) is 11.1 Å². The van der Waals surface area contributed by atoms with E-state index in [0.29, 0.717) is 17.3 Å². The average molecular weight is 295 g/mol. The van der Waals surface area contributed by atoms with Gasteiger partial charge in [-0.1, -0.05) is 12.1 Å². The largest absolute Gasteiger partial charge is 0.508 e. The molecule has 0 fully saturated rings. The number of benzene rings is 2. The van der Waals surface area contributed by atoms with Crippen LogP contribution in [0.2, 0.25) is 0 Å². The van der Waals surface area contributed by atoms with Gasteiger partial charge in [-0.3, -0.25) is 4.79 Å². The highest BCUT2D eigenvalue weighted by molar-refractivity contribution is 5.89. The zero-order chi connectivity index (χ0) is 15.6. The maximum Gasteiger partial charge on any atom is 0.416 e. The number of hydrogen-bond acceptors (Lipinski definition) is 2. The van der Waals surface area contributed by atoms with Crippen LogP contribution in [0.3, 0.4) is 0 Å². The lowest BCUT2D eigenvalue weighted by atomic mass is 10.0. The van der Waals surface area contributed by atoms with Crippen molar-refractivity contribution in [3.05, 3.63) is 48.0 Å². The van der Waals surface area contributed by atoms with Crippen molar-refractivity contribution in [1.82, 2.24) is 0 Å². The normalized spacial score (nSPS) is 11.2. The lowest BCUT2D eigenvalue weighted by molar-refractivity contribution is -0.137. The highest BCUT2D eigenvalue weighted by Gasteiger charge is 2.31. The first-order chi connectivity index (χ1) is 9.75. The number of aromatic hydroxyl groups is 1. The second-order valence-electron chi connectivity index (χ2n) is 4.53. The molecule has 2 aromatic rings. The first kappa shape index (κ1) is 14.9. The molecule has 2 rings (SSSR count). The van der Waals surface area contributed by atoms with Crippen LogP contribution in [0.4, 0.5) is 18.9 Å². The molecule has 2 aromatic carbocycles. The van der Waals surface area contributed by atoms with Gasteiger partial charge < -0.3 is 10.4 Å². The number of nitrogens with one attached hydrogen (secondary N) is 1. The number of alkyl halides is 3. The Balaban J connectivity index is 2.47. The molecule has 0 bridgehead atoms. The minimum atomic E-state index is -4.54. The molecule has 3 nitrogen and oxygen atoms in total. The molecule has 0 unspecified atom stereocenters. The fourth-order valence-corrected chi connectivity index (χ4v) is 1.92. The second-order valence-corrected chi connectivity index (χ2v) is 4.53. The quantitative estimate of drug-likeness (QED) is 0.878. The Bertz CT molecular complexity index is 681. The molecule has 6 heteroatoms. The fraction of sp³-hybridized carbons (Fsp3) is 0.133. The van der Waals surface area contributed by atoms with Crippen LogP contribution in [0.5, 0.6) is 5.75 Å². The highest BCUT2D eigenvalue weighted by atomic mass is 19.4. The number of halogens is 3. The molecule has 0 saturated carbocycles. The van der Waals surface area contributed by atoms with Gasteiger partial charge in [0.25, 0.3) is 0 Å². The molecule has 0 atom stereocenters. The molecule has 0 radical (unpaired) electrons. The molecule has 1 amide bonds. The van der Waals surface area contributed by atoms with Gasteiger partial charge >= 0.3 is 6.18 Å². The van der Waals surface area contributed by atoms with Crippen molar-refractivity contribution in [1.29, 1.82) is 0 Å². The summed E-state index contributed by atoms with van der Waals surface area (Å²) in [5, 5.41) is 12.0. The first-order valence-corrected chi connectivity index (χ1v) is 6.05. The third-order valence-electron chi connectivity index (χ3n) is 2.76. The molecule has 2 N–H and O–H groups in total. The lowest BCUT2D eigenvalue weighted by Gasteiger charge is -2.11. The average Bonchev–Trinajstić information content (AvgIpc) is 2.36. The topological polar surface area (TPSA) is 49.3 Å². The maximum absolute atomic E-state index is 12.7. The Hall–Kier alpha value is -2.50. The molecule has 21 heavy (non-hydrogen) atoms. The summed E-state index contributed by atoms with van der Waals surface area (Å²) in [6.07, 6.45) is -4.54. The summed E-state index contributed by atoms with van der Waals surface area (Å²) in [5.41, 5.74) is 0.219. The van der Waals surface area contributed by atoms with Gasteiger partial charge in [-0.05, 0) is 41.5 Å². The van der Waals surface area contributed by atoms with E-state index < -0.39 is 17.5 Å². The molecule has 0 aromatic heterocycles. The number of hydrogen-bond donors (Lipinski definition) is 2. The Kier molecular flexibility index (Phi) is 3.88. The zero-order valence-electron chi connectivity index (χ0n) is 11.0. The van der Waals surface area contributed by atoms with E-state index in [4.69, 9.17) is 0 Å². The van der Waals surface area contributed by atoms with Gasteiger partial charge in [0.2, 0.25) is 5.91 Å². The van der Waals surface area contributed by atoms with Gasteiger partial charge in [0, 0.05) is 12.6 Å². The van der Waals surface area contributed by atoms with E-state index in [0.717, 1.165) is 6.07 Å². The number of anilines is 1. The van der Waals surface area contributed by atoms with Crippen molar-refractivity contribution in [2.45, 2.75) is 13.1 Å². The third kappa shape index (κ3) is 3.75. The highest BCUT2D eigenvalue weighted by Crippen LogP contribution is 2.35. The molecule has 110 valence electrons. The molecule has 0 saturated heterocycles. The predicted molar refractivity (Wildman–Crippen MR) is 72.8 cm³/mol. The van der Waals surface area contributed by atoms with Crippen molar-refractivity contribution in [3.63, 3.8) is 0 Å². The fourth-order valence-electron chi connectivity index (χ4n) is 1.92.